The summed E-state index contributed by atoms with van der Waals surface area (Å²) in [6, 6.07) is 28.5. The monoisotopic (exact) mass is 914 g/mol. The smallest absolute Gasteiger partial charge is 0.286 e. The highest BCUT2D eigenvalue weighted by Gasteiger charge is 2.15. The van der Waals surface area contributed by atoms with Gasteiger partial charge in [0.15, 0.2) is 12.4 Å². The van der Waals surface area contributed by atoms with Gasteiger partial charge in [0, 0.05) is 125 Å². The Hall–Kier alpha value is -4.70. The Morgan fingerprint density at radius 1 is 0.484 bits per heavy atom. The minimum absolute atomic E-state index is 0.0556. The van der Waals surface area contributed by atoms with Crippen LogP contribution in [0.2, 0.25) is 0 Å². The van der Waals surface area contributed by atoms with Gasteiger partial charge in [-0.2, -0.15) is 9.13 Å². The predicted molar refractivity (Wildman–Crippen MR) is 265 cm³/mol. The van der Waals surface area contributed by atoms with Crippen LogP contribution in [0, 0.1) is 0 Å². The van der Waals surface area contributed by atoms with Crippen molar-refractivity contribution < 1.29 is 39.1 Å². The van der Waals surface area contributed by atoms with E-state index in [9.17, 15) is 30.0 Å². The van der Waals surface area contributed by atoms with E-state index < -0.39 is 0 Å². The first-order chi connectivity index (χ1) is 31.4. The number of rotatable bonds is 33. The van der Waals surface area contributed by atoms with Gasteiger partial charge >= 0.3 is 0 Å². The van der Waals surface area contributed by atoms with E-state index in [1.165, 1.54) is 0 Å². The zero-order valence-electron chi connectivity index (χ0n) is 37.3. The van der Waals surface area contributed by atoms with Crippen molar-refractivity contribution in [2.45, 2.75) is 64.5 Å². The van der Waals surface area contributed by atoms with Gasteiger partial charge in [0.1, 0.15) is 0 Å². The van der Waals surface area contributed by atoms with Gasteiger partial charge in [-0.25, -0.2) is 0 Å². The van der Waals surface area contributed by atoms with Gasteiger partial charge in [0.05, 0.1) is 0 Å². The summed E-state index contributed by atoms with van der Waals surface area (Å²) in [6.07, 6.45) is 18.7. The molecule has 0 bridgehead atoms. The fraction of sp³-hybridized carbons (Fsp3) is 0.440. The Kier molecular flexibility index (Phi) is 26.0. The fourth-order valence-electron chi connectivity index (χ4n) is 6.93. The molecule has 2 heterocycles. The van der Waals surface area contributed by atoms with Crippen molar-refractivity contribution in [3.05, 3.63) is 120 Å². The van der Waals surface area contributed by atoms with Crippen LogP contribution in [0.4, 0.5) is 11.4 Å². The van der Waals surface area contributed by atoms with E-state index in [1.807, 2.05) is 82.2 Å². The van der Waals surface area contributed by atoms with E-state index >= 15 is 0 Å². The number of nitrogens with zero attached hydrogens (tertiary/aromatic N) is 4. The number of hydrogen-bond donors (Lipinski definition) is 6. The third-order valence-corrected chi connectivity index (χ3v) is 12.8. The van der Waals surface area contributed by atoms with Gasteiger partial charge in [-0.1, -0.05) is 45.9 Å². The van der Waals surface area contributed by atoms with Gasteiger partial charge in [-0.05, 0) is 111 Å². The first kappa shape index (κ1) is 51.9. The molecule has 4 rings (SSSR count). The minimum atomic E-state index is -0.0556. The molecule has 6 N–H and O–H groups in total. The second kappa shape index (κ2) is 32.0. The van der Waals surface area contributed by atoms with Crippen LogP contribution in [0.3, 0.4) is 0 Å². The van der Waals surface area contributed by atoms with E-state index in [4.69, 9.17) is 0 Å². The molecule has 64 heavy (non-hydrogen) atoms. The Balaban J connectivity index is 1.14. The van der Waals surface area contributed by atoms with Crippen LogP contribution >= 0.6 is 21.6 Å². The maximum absolute atomic E-state index is 12.9. The third kappa shape index (κ3) is 20.4. The molecule has 12 nitrogen and oxygen atoms in total. The molecule has 14 heteroatoms. The molecule has 0 atom stereocenters. The van der Waals surface area contributed by atoms with Gasteiger partial charge in [0.25, 0.3) is 11.8 Å². The molecular weight excluding hydrogens is 845 g/mol. The summed E-state index contributed by atoms with van der Waals surface area (Å²) in [7, 11) is 3.34. The first-order valence-electron chi connectivity index (χ1n) is 22.7. The number of carbonyl (C=O) groups excluding carboxylic acids is 2. The third-order valence-electron chi connectivity index (χ3n) is 10.4. The number of aliphatic hydroxyl groups excluding tert-OH is 4. The molecule has 0 fully saturated rings. The summed E-state index contributed by atoms with van der Waals surface area (Å²) in [6.45, 7) is 5.73. The SMILES string of the molecule is O=C(C[n+]1ccccc1C=Cc1ccc(N(CCCCO)CCCCO)cc1)NCCSSCCNC(=O)C[n+]1ccccc1C=Cc1ccc(N(CCCCO)CCCCO)cc1. The Bertz CT molecular complexity index is 1810. The molecule has 0 aliphatic rings. The van der Waals surface area contributed by atoms with Gasteiger partial charge in [0.2, 0.25) is 24.5 Å². The topological polar surface area (TPSA) is 153 Å². The van der Waals surface area contributed by atoms with Crippen molar-refractivity contribution in [3.63, 3.8) is 0 Å². The Labute approximate surface area is 388 Å². The number of amides is 2. The van der Waals surface area contributed by atoms with Crippen molar-refractivity contribution in [2.24, 2.45) is 0 Å². The van der Waals surface area contributed by atoms with Gasteiger partial charge in [-0.15, -0.1) is 0 Å². The zero-order valence-corrected chi connectivity index (χ0v) is 38.9. The maximum Gasteiger partial charge on any atom is 0.286 e. The standard InChI is InChI=1S/C50H68N6O6S2/c57-35-9-5-29-53(30-6-10-36-58)47-23-17-43(18-24-47)15-21-45-13-1-3-33-55(45)41-49(61)51-27-39-63-64-40-28-52-50(62)42-56-34-4-2-14-46(56)22-16-44-19-25-48(26-20-44)54(31-7-11-37-59)32-8-12-38-60/h1-4,13-26,33-34,57-60H,5-12,27-32,35-42H2/p+2. The molecule has 2 aromatic carbocycles. The van der Waals surface area contributed by atoms with Crippen molar-refractivity contribution in [3.8, 4) is 0 Å². The van der Waals surface area contributed by atoms with E-state index in [0.717, 1.165) is 123 Å². The molecule has 0 aliphatic heterocycles. The summed E-state index contributed by atoms with van der Waals surface area (Å²) in [5, 5.41) is 42.9. The fourth-order valence-corrected chi connectivity index (χ4v) is 8.74. The molecule has 0 radical (unpaired) electrons. The summed E-state index contributed by atoms with van der Waals surface area (Å²) in [4.78, 5) is 30.3. The highest BCUT2D eigenvalue weighted by Crippen LogP contribution is 2.21. The summed E-state index contributed by atoms with van der Waals surface area (Å²) >= 11 is 0. The van der Waals surface area contributed by atoms with Gasteiger partial charge in [-0.3, -0.25) is 9.59 Å². The number of unbranched alkanes of at least 4 members (excludes halogenated alkanes) is 4. The molecular formula is C50H70N6O6S2+2. The average Bonchev–Trinajstić information content (AvgIpc) is 3.31. The van der Waals surface area contributed by atoms with Crippen LogP contribution in [0.15, 0.2) is 97.3 Å². The van der Waals surface area contributed by atoms with Crippen molar-refractivity contribution in [2.75, 3.05) is 87.0 Å². The van der Waals surface area contributed by atoms with Crippen LogP contribution in [0.25, 0.3) is 24.3 Å². The zero-order chi connectivity index (χ0) is 45.5. The Morgan fingerprint density at radius 3 is 1.19 bits per heavy atom. The lowest BCUT2D eigenvalue weighted by atomic mass is 10.1. The van der Waals surface area contributed by atoms with Crippen molar-refractivity contribution in [1.82, 2.24) is 10.6 Å². The first-order valence-corrected chi connectivity index (χ1v) is 25.2. The number of nitrogens with one attached hydrogen (secondary N) is 2. The number of benzene rings is 2. The number of hydrogen-bond acceptors (Lipinski definition) is 10. The van der Waals surface area contributed by atoms with E-state index in [2.05, 4.69) is 69.0 Å². The molecule has 2 amide bonds. The molecule has 0 aliphatic carbocycles. The van der Waals surface area contributed by atoms with Crippen LogP contribution in [-0.2, 0) is 22.7 Å². The summed E-state index contributed by atoms with van der Waals surface area (Å²) in [5.41, 5.74) is 6.20. The minimum Gasteiger partial charge on any atom is -0.396 e. The quantitative estimate of drug-likeness (QED) is 0.0202. The number of pyridine rings is 2. The highest BCUT2D eigenvalue weighted by molar-refractivity contribution is 8.76. The van der Waals surface area contributed by atoms with E-state index in [0.29, 0.717) is 13.1 Å². The average molecular weight is 915 g/mol. The largest absolute Gasteiger partial charge is 0.396 e. The van der Waals surface area contributed by atoms with Crippen LogP contribution in [0.1, 0.15) is 73.9 Å². The number of aromatic nitrogens is 2. The highest BCUT2D eigenvalue weighted by atomic mass is 33.1. The van der Waals surface area contributed by atoms with E-state index in [-0.39, 0.29) is 51.3 Å². The molecule has 0 unspecified atom stereocenters. The lowest BCUT2D eigenvalue weighted by molar-refractivity contribution is -0.686. The second-order valence-electron chi connectivity index (χ2n) is 15.4. The van der Waals surface area contributed by atoms with Crippen LogP contribution in [0.5, 0.6) is 0 Å². The van der Waals surface area contributed by atoms with Crippen LogP contribution in [-0.4, -0.2) is 109 Å². The molecule has 0 spiro atoms. The molecule has 0 saturated heterocycles. The van der Waals surface area contributed by atoms with Gasteiger partial charge < -0.3 is 40.9 Å². The second-order valence-corrected chi connectivity index (χ2v) is 18.1. The van der Waals surface area contributed by atoms with E-state index in [1.54, 1.807) is 21.6 Å². The molecule has 2 aromatic heterocycles. The normalized spacial score (nSPS) is 11.4. The predicted octanol–water partition coefficient (Wildman–Crippen LogP) is 5.62. The number of carbonyl (C=O) groups is 2. The lowest BCUT2D eigenvalue weighted by Crippen LogP contribution is -2.45. The molecule has 4 aromatic rings. The summed E-state index contributed by atoms with van der Waals surface area (Å²) < 4.78 is 3.86. The number of aliphatic hydroxyl groups is 4. The van der Waals surface area contributed by atoms with Crippen molar-refractivity contribution in [1.29, 1.82) is 0 Å². The van der Waals surface area contributed by atoms with Crippen LogP contribution < -0.4 is 29.6 Å². The lowest BCUT2D eigenvalue weighted by Gasteiger charge is -2.25. The van der Waals surface area contributed by atoms with Crippen molar-refractivity contribution >= 4 is 69.1 Å². The molecule has 346 valence electrons. The Morgan fingerprint density at radius 2 is 0.844 bits per heavy atom. The summed E-state index contributed by atoms with van der Waals surface area (Å²) in [5.74, 6) is 1.39. The maximum atomic E-state index is 12.9. The molecule has 0 saturated carbocycles. The number of anilines is 2.